The van der Waals surface area contributed by atoms with Gasteiger partial charge in [-0.2, -0.15) is 10.1 Å². The first kappa shape index (κ1) is 28.8. The van der Waals surface area contributed by atoms with E-state index in [-0.39, 0.29) is 4.90 Å². The van der Waals surface area contributed by atoms with Gasteiger partial charge in [0.25, 0.3) is 0 Å². The Bertz CT molecular complexity index is 1700. The van der Waals surface area contributed by atoms with Crippen LogP contribution >= 0.6 is 15.9 Å². The van der Waals surface area contributed by atoms with E-state index < -0.39 is 10.0 Å². The third kappa shape index (κ3) is 5.48. The molecule has 1 aliphatic heterocycles. The molecule has 0 unspecified atom stereocenters. The fourth-order valence-corrected chi connectivity index (χ4v) is 6.24. The zero-order chi connectivity index (χ0) is 29.5. The number of halogens is 1. The topological polar surface area (TPSA) is 118 Å². The molecule has 0 atom stereocenters. The standard InChI is InChI=1S/C28H33BrN8O3S/c1-17(2)37-12-11-23-19(15-31-36(23)5)18-13-22(25(40-6)14-24(18)37)33-28-30-16-20(29)27(34-28)32-21-9-7-8-10-26(21)41(38,39)35(3)4/h7-10,13-17H,11-12H2,1-6H3,(H2,30,32,33,34). The summed E-state index contributed by atoms with van der Waals surface area (Å²) in [7, 11) is 2.92. The van der Waals surface area contributed by atoms with Gasteiger partial charge in [0.2, 0.25) is 16.0 Å². The molecule has 0 amide bonds. The molecule has 0 bridgehead atoms. The summed E-state index contributed by atoms with van der Waals surface area (Å²) in [5.74, 6) is 1.35. The maximum Gasteiger partial charge on any atom is 0.244 e. The summed E-state index contributed by atoms with van der Waals surface area (Å²) in [6, 6.07) is 11.1. The number of benzene rings is 2. The van der Waals surface area contributed by atoms with Crippen LogP contribution < -0.4 is 20.3 Å². The van der Waals surface area contributed by atoms with Crippen molar-refractivity contribution in [2.24, 2.45) is 7.05 Å². The van der Waals surface area contributed by atoms with E-state index >= 15 is 0 Å². The minimum Gasteiger partial charge on any atom is -0.494 e. The summed E-state index contributed by atoms with van der Waals surface area (Å²) in [5.41, 5.74) is 5.45. The van der Waals surface area contributed by atoms with Gasteiger partial charge in [0.1, 0.15) is 16.5 Å². The first-order valence-electron chi connectivity index (χ1n) is 13.1. The van der Waals surface area contributed by atoms with Gasteiger partial charge in [-0.1, -0.05) is 12.1 Å². The summed E-state index contributed by atoms with van der Waals surface area (Å²) < 4.78 is 35.3. The third-order valence-corrected chi connectivity index (χ3v) is 9.53. The molecule has 0 saturated carbocycles. The number of methoxy groups -OCH3 is 1. The van der Waals surface area contributed by atoms with E-state index in [1.165, 1.54) is 24.1 Å². The fraction of sp³-hybridized carbons (Fsp3) is 0.321. The van der Waals surface area contributed by atoms with Crippen LogP contribution in [0.2, 0.25) is 0 Å². The second kappa shape index (κ2) is 11.3. The molecule has 1 aliphatic rings. The van der Waals surface area contributed by atoms with E-state index in [0.29, 0.717) is 39.4 Å². The molecule has 3 heterocycles. The summed E-state index contributed by atoms with van der Waals surface area (Å²) in [6.07, 6.45) is 4.39. The normalized spacial score (nSPS) is 13.1. The molecule has 2 aromatic heterocycles. The minimum atomic E-state index is -3.68. The molecule has 0 spiro atoms. The van der Waals surface area contributed by atoms with Gasteiger partial charge in [0.15, 0.2) is 0 Å². The number of nitrogens with zero attached hydrogens (tertiary/aromatic N) is 6. The van der Waals surface area contributed by atoms with Crippen molar-refractivity contribution in [3.8, 4) is 16.9 Å². The highest BCUT2D eigenvalue weighted by molar-refractivity contribution is 9.10. The number of ether oxygens (including phenoxy) is 1. The van der Waals surface area contributed by atoms with Crippen LogP contribution in [0.3, 0.4) is 0 Å². The van der Waals surface area contributed by atoms with Crippen LogP contribution in [0.1, 0.15) is 19.5 Å². The van der Waals surface area contributed by atoms with Crippen molar-refractivity contribution in [1.82, 2.24) is 24.1 Å². The lowest BCUT2D eigenvalue weighted by Crippen LogP contribution is -2.32. The van der Waals surface area contributed by atoms with Gasteiger partial charge in [-0.25, -0.2) is 17.7 Å². The highest BCUT2D eigenvalue weighted by Crippen LogP contribution is 2.43. The Hall–Kier alpha value is -3.68. The lowest BCUT2D eigenvalue weighted by molar-refractivity contribution is 0.416. The maximum absolute atomic E-state index is 12.9. The largest absolute Gasteiger partial charge is 0.494 e. The summed E-state index contributed by atoms with van der Waals surface area (Å²) in [4.78, 5) is 11.6. The summed E-state index contributed by atoms with van der Waals surface area (Å²) >= 11 is 3.49. The van der Waals surface area contributed by atoms with Crippen molar-refractivity contribution in [3.63, 3.8) is 0 Å². The van der Waals surface area contributed by atoms with Crippen LogP contribution in [0, 0.1) is 0 Å². The Balaban J connectivity index is 1.54. The number of sulfonamides is 1. The second-order valence-corrected chi connectivity index (χ2v) is 13.1. The van der Waals surface area contributed by atoms with E-state index in [1.807, 2.05) is 30.1 Å². The van der Waals surface area contributed by atoms with Crippen LogP contribution in [-0.4, -0.2) is 66.3 Å². The van der Waals surface area contributed by atoms with Crippen LogP contribution in [0.4, 0.5) is 28.8 Å². The van der Waals surface area contributed by atoms with Crippen LogP contribution in [0.5, 0.6) is 5.75 Å². The van der Waals surface area contributed by atoms with Crippen molar-refractivity contribution in [2.45, 2.75) is 31.2 Å². The number of aromatic nitrogens is 4. The zero-order valence-electron chi connectivity index (χ0n) is 23.8. The maximum atomic E-state index is 12.9. The molecule has 0 saturated heterocycles. The van der Waals surface area contributed by atoms with Crippen LogP contribution in [0.25, 0.3) is 11.1 Å². The predicted molar refractivity (Wildman–Crippen MR) is 165 cm³/mol. The van der Waals surface area contributed by atoms with E-state index in [4.69, 9.17) is 4.74 Å². The fourth-order valence-electron chi connectivity index (χ4n) is 4.91. The molecule has 0 fully saturated rings. The minimum absolute atomic E-state index is 0.138. The molecule has 11 nitrogen and oxygen atoms in total. The Morgan fingerprint density at radius 2 is 1.83 bits per heavy atom. The van der Waals surface area contributed by atoms with Gasteiger partial charge in [-0.15, -0.1) is 0 Å². The van der Waals surface area contributed by atoms with E-state index in [0.717, 1.165) is 29.8 Å². The first-order chi connectivity index (χ1) is 19.5. The van der Waals surface area contributed by atoms with Gasteiger partial charge in [0.05, 0.1) is 29.2 Å². The van der Waals surface area contributed by atoms with Gasteiger partial charge in [0, 0.05) is 74.9 Å². The second-order valence-electron chi connectivity index (χ2n) is 10.2. The van der Waals surface area contributed by atoms with Crippen LogP contribution in [0.15, 0.2) is 58.2 Å². The molecule has 5 rings (SSSR count). The van der Waals surface area contributed by atoms with E-state index in [9.17, 15) is 8.42 Å². The number of fused-ring (bicyclic) bond motifs is 3. The molecule has 0 aliphatic carbocycles. The number of aryl methyl sites for hydroxylation is 1. The number of hydrogen-bond acceptors (Lipinski definition) is 9. The quantitative estimate of drug-likeness (QED) is 0.269. The number of hydrogen-bond donors (Lipinski definition) is 2. The van der Waals surface area contributed by atoms with Gasteiger partial charge in [-0.05, 0) is 48.0 Å². The van der Waals surface area contributed by atoms with E-state index in [1.54, 1.807) is 37.6 Å². The molecule has 41 heavy (non-hydrogen) atoms. The Labute approximate surface area is 248 Å². The van der Waals surface area contributed by atoms with Crippen molar-refractivity contribution in [2.75, 3.05) is 43.3 Å². The Morgan fingerprint density at radius 1 is 1.07 bits per heavy atom. The van der Waals surface area contributed by atoms with Crippen molar-refractivity contribution < 1.29 is 13.2 Å². The molecule has 4 aromatic rings. The van der Waals surface area contributed by atoms with E-state index in [2.05, 4.69) is 60.4 Å². The number of nitrogens with one attached hydrogen (secondary N) is 2. The number of para-hydroxylation sites is 1. The molecule has 0 radical (unpaired) electrons. The molecule has 216 valence electrons. The molecule has 2 N–H and O–H groups in total. The van der Waals surface area contributed by atoms with Crippen molar-refractivity contribution in [3.05, 3.63) is 59.0 Å². The molecular weight excluding hydrogens is 608 g/mol. The Morgan fingerprint density at radius 3 is 2.54 bits per heavy atom. The number of rotatable bonds is 8. The molecule has 2 aromatic carbocycles. The van der Waals surface area contributed by atoms with Crippen LogP contribution in [-0.2, 0) is 23.5 Å². The highest BCUT2D eigenvalue weighted by atomic mass is 79.9. The van der Waals surface area contributed by atoms with Gasteiger partial charge >= 0.3 is 0 Å². The van der Waals surface area contributed by atoms with Gasteiger partial charge in [-0.3, -0.25) is 4.68 Å². The van der Waals surface area contributed by atoms with Crippen molar-refractivity contribution in [1.29, 1.82) is 0 Å². The third-order valence-electron chi connectivity index (χ3n) is 7.08. The molecule has 13 heteroatoms. The lowest BCUT2D eigenvalue weighted by Gasteiger charge is -2.30. The Kier molecular flexibility index (Phi) is 7.95. The predicted octanol–water partition coefficient (Wildman–Crippen LogP) is 5.16. The van der Waals surface area contributed by atoms with Gasteiger partial charge < -0.3 is 20.3 Å². The summed E-state index contributed by atoms with van der Waals surface area (Å²) in [6.45, 7) is 5.23. The highest BCUT2D eigenvalue weighted by Gasteiger charge is 2.27. The monoisotopic (exact) mass is 640 g/mol. The zero-order valence-corrected chi connectivity index (χ0v) is 26.2. The smallest absolute Gasteiger partial charge is 0.244 e. The average molecular weight is 642 g/mol. The van der Waals surface area contributed by atoms with Crippen molar-refractivity contribution >= 4 is 54.8 Å². The first-order valence-corrected chi connectivity index (χ1v) is 15.3. The SMILES string of the molecule is COc1cc2c(cc1Nc1ncc(Br)c(Nc3ccccc3S(=O)(=O)N(C)C)n1)-c1cnn(C)c1CCN2C(C)C. The summed E-state index contributed by atoms with van der Waals surface area (Å²) in [5, 5.41) is 11.0. The number of anilines is 5. The molecular formula is C28H33BrN8O3S. The lowest BCUT2D eigenvalue weighted by atomic mass is 10.0. The average Bonchev–Trinajstić information content (AvgIpc) is 3.22.